The lowest BCUT2D eigenvalue weighted by Gasteiger charge is -2.09. The predicted octanol–water partition coefficient (Wildman–Crippen LogP) is -0.287. The van der Waals surface area contributed by atoms with E-state index >= 15 is 0 Å². The summed E-state index contributed by atoms with van der Waals surface area (Å²) in [5, 5.41) is 7.51. The SMILES string of the molecule is NC(=O)CNC(=O)c1ccc(CNC(=O)CNC(=O)COc2ccccc2)cc1. The number of benzene rings is 2. The zero-order valence-corrected chi connectivity index (χ0v) is 15.6. The monoisotopic (exact) mass is 398 g/mol. The minimum atomic E-state index is -0.628. The molecule has 9 nitrogen and oxygen atoms in total. The van der Waals surface area contributed by atoms with E-state index in [0.717, 1.165) is 5.56 Å². The summed E-state index contributed by atoms with van der Waals surface area (Å²) >= 11 is 0. The van der Waals surface area contributed by atoms with Gasteiger partial charge in [0.05, 0.1) is 13.1 Å². The van der Waals surface area contributed by atoms with E-state index in [-0.39, 0.29) is 32.1 Å². The molecule has 2 rings (SSSR count). The van der Waals surface area contributed by atoms with Gasteiger partial charge in [-0.15, -0.1) is 0 Å². The molecular formula is C20H22N4O5. The highest BCUT2D eigenvalue weighted by molar-refractivity contribution is 5.96. The Labute approximate surface area is 167 Å². The summed E-state index contributed by atoms with van der Waals surface area (Å²) in [4.78, 5) is 46.0. The highest BCUT2D eigenvalue weighted by Gasteiger charge is 2.08. The second-order valence-corrected chi connectivity index (χ2v) is 6.00. The number of rotatable bonds is 10. The normalized spacial score (nSPS) is 9.93. The summed E-state index contributed by atoms with van der Waals surface area (Å²) in [6, 6.07) is 15.4. The van der Waals surface area contributed by atoms with Crippen molar-refractivity contribution in [3.05, 3.63) is 65.7 Å². The van der Waals surface area contributed by atoms with Crippen molar-refractivity contribution >= 4 is 23.6 Å². The lowest BCUT2D eigenvalue weighted by molar-refractivity contribution is -0.127. The van der Waals surface area contributed by atoms with Gasteiger partial charge in [0.2, 0.25) is 11.8 Å². The van der Waals surface area contributed by atoms with Gasteiger partial charge in [0.1, 0.15) is 5.75 Å². The van der Waals surface area contributed by atoms with Crippen LogP contribution in [-0.4, -0.2) is 43.3 Å². The Morgan fingerprint density at radius 1 is 0.793 bits per heavy atom. The molecule has 0 spiro atoms. The van der Waals surface area contributed by atoms with Crippen LogP contribution in [0.5, 0.6) is 5.75 Å². The topological polar surface area (TPSA) is 140 Å². The maximum absolute atomic E-state index is 11.8. The molecule has 0 aliphatic carbocycles. The molecule has 2 aromatic rings. The first-order chi connectivity index (χ1) is 13.9. The Hall–Kier alpha value is -3.88. The molecule has 2 aromatic carbocycles. The van der Waals surface area contributed by atoms with Crippen molar-refractivity contribution in [2.75, 3.05) is 19.7 Å². The third kappa shape index (κ3) is 8.12. The first kappa shape index (κ1) is 21.4. The molecule has 0 saturated carbocycles. The van der Waals surface area contributed by atoms with Gasteiger partial charge >= 0.3 is 0 Å². The number of hydrogen-bond donors (Lipinski definition) is 4. The molecule has 0 aliphatic rings. The quantitative estimate of drug-likeness (QED) is 0.436. The lowest BCUT2D eigenvalue weighted by atomic mass is 10.1. The van der Waals surface area contributed by atoms with Crippen LogP contribution in [0.15, 0.2) is 54.6 Å². The molecule has 29 heavy (non-hydrogen) atoms. The van der Waals surface area contributed by atoms with Crippen molar-refractivity contribution in [2.45, 2.75) is 6.54 Å². The Balaban J connectivity index is 1.67. The van der Waals surface area contributed by atoms with E-state index in [4.69, 9.17) is 10.5 Å². The van der Waals surface area contributed by atoms with Crippen molar-refractivity contribution in [1.29, 1.82) is 0 Å². The van der Waals surface area contributed by atoms with E-state index in [1.807, 2.05) is 6.07 Å². The predicted molar refractivity (Wildman–Crippen MR) is 105 cm³/mol. The van der Waals surface area contributed by atoms with Crippen LogP contribution in [0.3, 0.4) is 0 Å². The van der Waals surface area contributed by atoms with Crippen molar-refractivity contribution in [2.24, 2.45) is 5.73 Å². The van der Waals surface area contributed by atoms with E-state index in [9.17, 15) is 19.2 Å². The summed E-state index contributed by atoms with van der Waals surface area (Å²) in [5.74, 6) is -1.24. The van der Waals surface area contributed by atoms with E-state index < -0.39 is 17.7 Å². The molecule has 0 bridgehead atoms. The number of primary amides is 1. The number of amides is 4. The molecule has 5 N–H and O–H groups in total. The van der Waals surface area contributed by atoms with Crippen molar-refractivity contribution in [1.82, 2.24) is 16.0 Å². The average Bonchev–Trinajstić information content (AvgIpc) is 2.74. The molecule has 0 atom stereocenters. The summed E-state index contributed by atoms with van der Waals surface area (Å²) in [6.07, 6.45) is 0. The fourth-order valence-corrected chi connectivity index (χ4v) is 2.20. The molecule has 4 amide bonds. The average molecular weight is 398 g/mol. The van der Waals surface area contributed by atoms with Gasteiger partial charge in [-0.3, -0.25) is 19.2 Å². The fourth-order valence-electron chi connectivity index (χ4n) is 2.20. The lowest BCUT2D eigenvalue weighted by Crippen LogP contribution is -2.38. The molecular weight excluding hydrogens is 376 g/mol. The van der Waals surface area contributed by atoms with Crippen LogP contribution in [0.25, 0.3) is 0 Å². The van der Waals surface area contributed by atoms with Crippen LogP contribution in [-0.2, 0) is 20.9 Å². The van der Waals surface area contributed by atoms with E-state index in [1.54, 1.807) is 48.5 Å². The number of nitrogens with two attached hydrogens (primary N) is 1. The third-order valence-electron chi connectivity index (χ3n) is 3.69. The second kappa shape index (κ2) is 11.1. The first-order valence-corrected chi connectivity index (χ1v) is 8.80. The van der Waals surface area contributed by atoms with Crippen LogP contribution in [0, 0.1) is 0 Å². The number of nitrogens with one attached hydrogen (secondary N) is 3. The number of carbonyl (C=O) groups is 4. The van der Waals surface area contributed by atoms with Gasteiger partial charge in [-0.25, -0.2) is 0 Å². The maximum atomic E-state index is 11.8. The Bertz CT molecular complexity index is 853. The fraction of sp³-hybridized carbons (Fsp3) is 0.200. The Morgan fingerprint density at radius 2 is 1.48 bits per heavy atom. The van der Waals surface area contributed by atoms with Gasteiger partial charge in [-0.2, -0.15) is 0 Å². The zero-order valence-electron chi connectivity index (χ0n) is 15.6. The summed E-state index contributed by atoms with van der Waals surface area (Å²) in [6.45, 7) is -0.363. The Morgan fingerprint density at radius 3 is 2.14 bits per heavy atom. The zero-order chi connectivity index (χ0) is 21.1. The van der Waals surface area contributed by atoms with Crippen molar-refractivity contribution < 1.29 is 23.9 Å². The van der Waals surface area contributed by atoms with Gasteiger partial charge in [0.15, 0.2) is 6.61 Å². The smallest absolute Gasteiger partial charge is 0.258 e. The minimum absolute atomic E-state index is 0.176. The highest BCUT2D eigenvalue weighted by Crippen LogP contribution is 2.07. The van der Waals surface area contributed by atoms with Crippen molar-refractivity contribution in [3.8, 4) is 5.75 Å². The molecule has 9 heteroatoms. The van der Waals surface area contributed by atoms with Crippen LogP contribution in [0.4, 0.5) is 0 Å². The second-order valence-electron chi connectivity index (χ2n) is 6.00. The number of hydrogen-bond acceptors (Lipinski definition) is 5. The molecule has 0 heterocycles. The van der Waals surface area contributed by atoms with Gasteiger partial charge in [0, 0.05) is 12.1 Å². The highest BCUT2D eigenvalue weighted by atomic mass is 16.5. The van der Waals surface area contributed by atoms with E-state index in [1.165, 1.54) is 0 Å². The first-order valence-electron chi connectivity index (χ1n) is 8.80. The molecule has 0 fully saturated rings. The van der Waals surface area contributed by atoms with Crippen LogP contribution in [0.1, 0.15) is 15.9 Å². The standard InChI is InChI=1S/C20H22N4O5/c21-17(25)11-24-20(28)15-8-6-14(7-9-15)10-22-18(26)12-23-19(27)13-29-16-4-2-1-3-5-16/h1-9H,10-13H2,(H2,21,25)(H,22,26)(H,23,27)(H,24,28). The van der Waals surface area contributed by atoms with E-state index in [0.29, 0.717) is 11.3 Å². The summed E-state index contributed by atoms with van der Waals surface area (Å²) < 4.78 is 5.29. The number of para-hydroxylation sites is 1. The summed E-state index contributed by atoms with van der Waals surface area (Å²) in [5.41, 5.74) is 6.11. The van der Waals surface area contributed by atoms with Crippen LogP contribution >= 0.6 is 0 Å². The number of carbonyl (C=O) groups excluding carboxylic acids is 4. The summed E-state index contributed by atoms with van der Waals surface area (Å²) in [7, 11) is 0. The number of ether oxygens (including phenoxy) is 1. The maximum Gasteiger partial charge on any atom is 0.258 e. The van der Waals surface area contributed by atoms with Gasteiger partial charge in [-0.05, 0) is 29.8 Å². The third-order valence-corrected chi connectivity index (χ3v) is 3.69. The molecule has 152 valence electrons. The molecule has 0 saturated heterocycles. The van der Waals surface area contributed by atoms with Gasteiger partial charge < -0.3 is 26.4 Å². The van der Waals surface area contributed by atoms with Gasteiger partial charge in [-0.1, -0.05) is 30.3 Å². The van der Waals surface area contributed by atoms with E-state index in [2.05, 4.69) is 16.0 Å². The largest absolute Gasteiger partial charge is 0.484 e. The molecule has 0 aliphatic heterocycles. The van der Waals surface area contributed by atoms with Gasteiger partial charge in [0.25, 0.3) is 11.8 Å². The molecule has 0 unspecified atom stereocenters. The minimum Gasteiger partial charge on any atom is -0.484 e. The molecule has 0 aromatic heterocycles. The van der Waals surface area contributed by atoms with Crippen LogP contribution in [0.2, 0.25) is 0 Å². The Kier molecular flexibility index (Phi) is 8.18. The van der Waals surface area contributed by atoms with Crippen molar-refractivity contribution in [3.63, 3.8) is 0 Å². The van der Waals surface area contributed by atoms with Crippen LogP contribution < -0.4 is 26.4 Å². The molecule has 0 radical (unpaired) electrons.